The molecular weight excluding hydrogens is 166 g/mol. The predicted octanol–water partition coefficient (Wildman–Crippen LogP) is 1.08. The van der Waals surface area contributed by atoms with Gasteiger partial charge in [-0.05, 0) is 12.2 Å². The maximum atomic E-state index is 10.8. The van der Waals surface area contributed by atoms with E-state index in [1.807, 2.05) is 29.3 Å². The Balaban J connectivity index is 2.27. The van der Waals surface area contributed by atoms with E-state index in [9.17, 15) is 4.79 Å². The third kappa shape index (κ3) is 1.33. The average molecular weight is 175 g/mol. The number of urea groups is 1. The van der Waals surface area contributed by atoms with Crippen LogP contribution >= 0.6 is 0 Å². The summed E-state index contributed by atoms with van der Waals surface area (Å²) in [7, 11) is 0. The van der Waals surface area contributed by atoms with Gasteiger partial charge in [0.1, 0.15) is 0 Å². The molecule has 0 saturated heterocycles. The van der Waals surface area contributed by atoms with Crippen molar-refractivity contribution in [3.63, 3.8) is 0 Å². The monoisotopic (exact) mass is 175 g/mol. The number of carbonyl (C=O) groups excluding carboxylic acids is 1. The van der Waals surface area contributed by atoms with Crippen molar-refractivity contribution in [2.75, 3.05) is 0 Å². The molecule has 2 aliphatic heterocycles. The summed E-state index contributed by atoms with van der Waals surface area (Å²) in [6.45, 7) is 0. The second-order valence-corrected chi connectivity index (χ2v) is 2.71. The number of rotatable bonds is 0. The molecule has 0 atom stereocenters. The Kier molecular flexibility index (Phi) is 1.66. The zero-order chi connectivity index (χ0) is 9.26. The van der Waals surface area contributed by atoms with Crippen LogP contribution in [-0.2, 0) is 0 Å². The summed E-state index contributed by atoms with van der Waals surface area (Å²) < 4.78 is 0. The molecule has 0 radical (unpaired) electrons. The van der Waals surface area contributed by atoms with Gasteiger partial charge in [0.2, 0.25) is 0 Å². The van der Waals surface area contributed by atoms with Gasteiger partial charge >= 0.3 is 6.03 Å². The van der Waals surface area contributed by atoms with Gasteiger partial charge in [-0.15, -0.1) is 0 Å². The van der Waals surface area contributed by atoms with Crippen molar-refractivity contribution in [1.29, 1.82) is 0 Å². The molecule has 4 nitrogen and oxygen atoms in total. The first-order valence-corrected chi connectivity index (χ1v) is 3.88. The molecule has 0 aromatic carbocycles. The first-order valence-electron chi connectivity index (χ1n) is 3.88. The number of primary amides is 1. The lowest BCUT2D eigenvalue weighted by atomic mass is 10.2. The van der Waals surface area contributed by atoms with Crippen LogP contribution in [0.3, 0.4) is 0 Å². The molecule has 66 valence electrons. The number of hydrogen-bond donors (Lipinski definition) is 1. The fraction of sp³-hybridized carbons (Fsp3) is 0. The topological polar surface area (TPSA) is 49.6 Å². The van der Waals surface area contributed by atoms with Gasteiger partial charge in [0.15, 0.2) is 0 Å². The van der Waals surface area contributed by atoms with Crippen LogP contribution in [-0.4, -0.2) is 15.8 Å². The normalized spacial score (nSPS) is 18.6. The van der Waals surface area contributed by atoms with Crippen LogP contribution in [0.5, 0.6) is 0 Å². The minimum Gasteiger partial charge on any atom is -0.351 e. The van der Waals surface area contributed by atoms with Gasteiger partial charge in [0, 0.05) is 24.8 Å². The third-order valence-electron chi connectivity index (χ3n) is 1.84. The Bertz CT molecular complexity index is 352. The van der Waals surface area contributed by atoms with Crippen molar-refractivity contribution in [3.05, 3.63) is 48.7 Å². The van der Waals surface area contributed by atoms with Gasteiger partial charge in [-0.3, -0.25) is 4.90 Å². The first kappa shape index (κ1) is 7.67. The summed E-state index contributed by atoms with van der Waals surface area (Å²) >= 11 is 0. The summed E-state index contributed by atoms with van der Waals surface area (Å²) in [4.78, 5) is 14.1. The van der Waals surface area contributed by atoms with E-state index < -0.39 is 6.03 Å². The molecule has 2 heterocycles. The van der Waals surface area contributed by atoms with E-state index in [1.54, 1.807) is 18.6 Å². The zero-order valence-electron chi connectivity index (χ0n) is 6.92. The van der Waals surface area contributed by atoms with Crippen LogP contribution in [0.4, 0.5) is 4.79 Å². The lowest BCUT2D eigenvalue weighted by molar-refractivity contribution is 0.233. The smallest absolute Gasteiger partial charge is 0.323 e. The van der Waals surface area contributed by atoms with Crippen molar-refractivity contribution < 1.29 is 4.79 Å². The van der Waals surface area contributed by atoms with E-state index in [2.05, 4.69) is 0 Å². The molecule has 13 heavy (non-hydrogen) atoms. The van der Waals surface area contributed by atoms with E-state index in [0.29, 0.717) is 0 Å². The molecule has 0 saturated carbocycles. The number of allylic oxidation sites excluding steroid dienone is 3. The van der Waals surface area contributed by atoms with Gasteiger partial charge in [-0.1, -0.05) is 6.08 Å². The highest BCUT2D eigenvalue weighted by molar-refractivity contribution is 5.74. The number of nitrogens with zero attached hydrogens (tertiary/aromatic N) is 2. The fourth-order valence-electron chi connectivity index (χ4n) is 1.18. The van der Waals surface area contributed by atoms with Crippen molar-refractivity contribution >= 4 is 6.03 Å². The fourth-order valence-corrected chi connectivity index (χ4v) is 1.18. The van der Waals surface area contributed by atoms with Gasteiger partial charge < -0.3 is 10.6 Å². The Morgan fingerprint density at radius 1 is 1.23 bits per heavy atom. The standard InChI is InChI=1S/C9H9N3O/c10-9(13)12-6-5-11-4-2-1-3-8(11)7-12/h1-7H,(H2,10,13). The predicted molar refractivity (Wildman–Crippen MR) is 48.8 cm³/mol. The molecule has 2 rings (SSSR count). The maximum Gasteiger partial charge on any atom is 0.323 e. The molecule has 0 aromatic heterocycles. The lowest BCUT2D eigenvalue weighted by Crippen LogP contribution is -2.31. The molecule has 2 amide bonds. The zero-order valence-corrected chi connectivity index (χ0v) is 6.92. The van der Waals surface area contributed by atoms with Crippen molar-refractivity contribution in [2.45, 2.75) is 0 Å². The van der Waals surface area contributed by atoms with E-state index in [0.717, 1.165) is 5.70 Å². The second-order valence-electron chi connectivity index (χ2n) is 2.71. The van der Waals surface area contributed by atoms with E-state index in [4.69, 9.17) is 5.73 Å². The summed E-state index contributed by atoms with van der Waals surface area (Å²) in [5.41, 5.74) is 6.04. The molecule has 0 aromatic rings. The molecular formula is C9H9N3O. The van der Waals surface area contributed by atoms with Crippen LogP contribution in [0.15, 0.2) is 48.7 Å². The van der Waals surface area contributed by atoms with Gasteiger partial charge in [-0.2, -0.15) is 0 Å². The van der Waals surface area contributed by atoms with Crippen LogP contribution < -0.4 is 5.73 Å². The molecule has 0 unspecified atom stereocenters. The SMILES string of the molecule is NC(=O)N1C=CN2C=CC=CC2=C1. The van der Waals surface area contributed by atoms with Crippen LogP contribution in [0, 0.1) is 0 Å². The minimum atomic E-state index is -0.480. The Labute approximate surface area is 75.9 Å². The molecule has 4 heteroatoms. The first-order chi connectivity index (χ1) is 6.27. The van der Waals surface area contributed by atoms with E-state index >= 15 is 0 Å². The largest absolute Gasteiger partial charge is 0.351 e. The second kappa shape index (κ2) is 2.82. The average Bonchev–Trinajstić information content (AvgIpc) is 2.17. The summed E-state index contributed by atoms with van der Waals surface area (Å²) in [5.74, 6) is 0. The minimum absolute atomic E-state index is 0.480. The maximum absolute atomic E-state index is 10.8. The summed E-state index contributed by atoms with van der Waals surface area (Å²) in [5, 5.41) is 0. The van der Waals surface area contributed by atoms with Crippen molar-refractivity contribution in [3.8, 4) is 0 Å². The van der Waals surface area contributed by atoms with Gasteiger partial charge in [0.25, 0.3) is 0 Å². The van der Waals surface area contributed by atoms with Gasteiger partial charge in [-0.25, -0.2) is 4.79 Å². The number of carbonyl (C=O) groups is 1. The number of hydrogen-bond acceptors (Lipinski definition) is 2. The quantitative estimate of drug-likeness (QED) is 0.598. The van der Waals surface area contributed by atoms with Crippen LogP contribution in [0.2, 0.25) is 0 Å². The Morgan fingerprint density at radius 2 is 2.08 bits per heavy atom. The lowest BCUT2D eigenvalue weighted by Gasteiger charge is -2.26. The van der Waals surface area contributed by atoms with Crippen LogP contribution in [0.1, 0.15) is 0 Å². The van der Waals surface area contributed by atoms with Crippen molar-refractivity contribution in [2.24, 2.45) is 5.73 Å². The highest BCUT2D eigenvalue weighted by Crippen LogP contribution is 2.17. The Hall–Kier alpha value is -1.97. The van der Waals surface area contributed by atoms with E-state index in [1.165, 1.54) is 4.90 Å². The number of amides is 2. The highest BCUT2D eigenvalue weighted by atomic mass is 16.2. The van der Waals surface area contributed by atoms with E-state index in [-0.39, 0.29) is 0 Å². The molecule has 0 bridgehead atoms. The summed E-state index contributed by atoms with van der Waals surface area (Å²) in [6, 6.07) is -0.480. The number of nitrogens with two attached hydrogens (primary N) is 1. The Morgan fingerprint density at radius 3 is 2.85 bits per heavy atom. The number of fused-ring (bicyclic) bond motifs is 1. The molecule has 2 N–H and O–H groups in total. The summed E-state index contributed by atoms with van der Waals surface area (Å²) in [6.07, 6.45) is 12.7. The third-order valence-corrected chi connectivity index (χ3v) is 1.84. The molecule has 0 fully saturated rings. The van der Waals surface area contributed by atoms with Gasteiger partial charge in [0.05, 0.1) is 5.70 Å². The van der Waals surface area contributed by atoms with Crippen molar-refractivity contribution in [1.82, 2.24) is 9.80 Å². The highest BCUT2D eigenvalue weighted by Gasteiger charge is 2.12. The van der Waals surface area contributed by atoms with Crippen LogP contribution in [0.25, 0.3) is 0 Å². The molecule has 2 aliphatic rings. The molecule has 0 spiro atoms. The molecule has 0 aliphatic carbocycles.